The van der Waals surface area contributed by atoms with Crippen molar-refractivity contribution in [2.75, 3.05) is 19.8 Å². The van der Waals surface area contributed by atoms with Crippen molar-refractivity contribution in [3.63, 3.8) is 0 Å². The van der Waals surface area contributed by atoms with Crippen LogP contribution in [-0.2, 0) is 28.5 Å². The van der Waals surface area contributed by atoms with Gasteiger partial charge in [0.1, 0.15) is 31.0 Å². The van der Waals surface area contributed by atoms with Gasteiger partial charge in [-0.2, -0.15) is 0 Å². The summed E-state index contributed by atoms with van der Waals surface area (Å²) in [5.74, 6) is -0.816. The maximum Gasteiger partial charge on any atom is 0.306 e. The Morgan fingerprint density at radius 1 is 0.564 bits per heavy atom. The molecule has 10 heteroatoms. The van der Waals surface area contributed by atoms with Gasteiger partial charge < -0.3 is 39.4 Å². The fraction of sp³-hybridized carbons (Fsp3) is 0.867. The van der Waals surface area contributed by atoms with Crippen molar-refractivity contribution < 1.29 is 49.0 Å². The summed E-state index contributed by atoms with van der Waals surface area (Å²) < 4.78 is 22.1. The summed E-state index contributed by atoms with van der Waals surface area (Å²) in [5.41, 5.74) is 0. The van der Waals surface area contributed by atoms with Crippen LogP contribution in [0.15, 0.2) is 24.3 Å². The van der Waals surface area contributed by atoms with Gasteiger partial charge >= 0.3 is 11.9 Å². The Bertz CT molecular complexity index is 954. The molecule has 1 heterocycles. The lowest BCUT2D eigenvalue weighted by Crippen LogP contribution is -2.59. The molecule has 1 aliphatic rings. The fourth-order valence-corrected chi connectivity index (χ4v) is 6.75. The lowest BCUT2D eigenvalue weighted by atomic mass is 9.99. The highest BCUT2D eigenvalue weighted by molar-refractivity contribution is 5.70. The van der Waals surface area contributed by atoms with E-state index < -0.39 is 49.4 Å². The topological polar surface area (TPSA) is 152 Å². The average molecular weight is 783 g/mol. The molecule has 4 N–H and O–H groups in total. The molecule has 6 unspecified atom stereocenters. The molecule has 0 bridgehead atoms. The molecule has 1 aliphatic heterocycles. The Hall–Kier alpha value is -1.82. The third kappa shape index (κ3) is 28.3. The van der Waals surface area contributed by atoms with E-state index in [0.29, 0.717) is 6.42 Å². The Morgan fingerprint density at radius 3 is 1.53 bits per heavy atom. The van der Waals surface area contributed by atoms with Crippen LogP contribution < -0.4 is 0 Å². The van der Waals surface area contributed by atoms with Crippen molar-refractivity contribution >= 4 is 11.9 Å². The molecule has 0 aliphatic carbocycles. The van der Waals surface area contributed by atoms with Gasteiger partial charge in [0.2, 0.25) is 0 Å². The second-order valence-corrected chi connectivity index (χ2v) is 15.5. The molecule has 0 radical (unpaired) electrons. The maximum atomic E-state index is 12.8. The fourth-order valence-electron chi connectivity index (χ4n) is 6.75. The zero-order valence-corrected chi connectivity index (χ0v) is 34.9. The first-order chi connectivity index (χ1) is 26.8. The standard InChI is InChI=1S/C45H82O10/c1-3-5-7-9-11-13-15-17-19-20-22-24-26-28-30-32-34-41(48)54-38(37-53-45-44(51)43(50)42(49)39(35-46)55-45)36-52-40(47)33-31-29-27-25-23-21-18-16-14-12-10-8-6-4-2/h13,15,19-20,38-39,42-46,49-51H,3-12,14,16-18,21-37H2,1-2H3/b15-13-,20-19-. The molecule has 6 atom stereocenters. The van der Waals surface area contributed by atoms with Crippen molar-refractivity contribution in [1.29, 1.82) is 0 Å². The largest absolute Gasteiger partial charge is 0.462 e. The van der Waals surface area contributed by atoms with Crippen molar-refractivity contribution in [2.24, 2.45) is 0 Å². The van der Waals surface area contributed by atoms with Crippen LogP contribution >= 0.6 is 0 Å². The third-order valence-electron chi connectivity index (χ3n) is 10.3. The van der Waals surface area contributed by atoms with E-state index in [4.69, 9.17) is 18.9 Å². The Morgan fingerprint density at radius 2 is 1.02 bits per heavy atom. The molecule has 0 saturated carbocycles. The molecular weight excluding hydrogens is 700 g/mol. The summed E-state index contributed by atoms with van der Waals surface area (Å²) in [5, 5.41) is 40.0. The molecule has 0 aromatic heterocycles. The van der Waals surface area contributed by atoms with Crippen molar-refractivity contribution in [3.05, 3.63) is 24.3 Å². The molecule has 1 rings (SSSR count). The maximum absolute atomic E-state index is 12.8. The second kappa shape index (κ2) is 36.5. The van der Waals surface area contributed by atoms with Crippen LogP contribution in [0.25, 0.3) is 0 Å². The molecule has 1 saturated heterocycles. The highest BCUT2D eigenvalue weighted by atomic mass is 16.7. The highest BCUT2D eigenvalue weighted by Crippen LogP contribution is 2.23. The van der Waals surface area contributed by atoms with Gasteiger partial charge in [-0.1, -0.05) is 160 Å². The zero-order valence-electron chi connectivity index (χ0n) is 34.9. The van der Waals surface area contributed by atoms with E-state index >= 15 is 0 Å². The van der Waals surface area contributed by atoms with E-state index in [-0.39, 0.29) is 32.0 Å². The zero-order chi connectivity index (χ0) is 40.2. The quantitative estimate of drug-likeness (QED) is 0.0273. The Kier molecular flexibility index (Phi) is 34.0. The molecule has 1 fully saturated rings. The van der Waals surface area contributed by atoms with Gasteiger partial charge in [-0.15, -0.1) is 0 Å². The van der Waals surface area contributed by atoms with Gasteiger partial charge in [0.15, 0.2) is 12.4 Å². The van der Waals surface area contributed by atoms with Gasteiger partial charge in [-0.05, 0) is 44.9 Å². The normalized spacial score (nSPS) is 20.7. The number of hydrogen-bond acceptors (Lipinski definition) is 10. The smallest absolute Gasteiger partial charge is 0.306 e. The number of carbonyl (C=O) groups is 2. The molecule has 55 heavy (non-hydrogen) atoms. The minimum Gasteiger partial charge on any atom is -0.462 e. The van der Waals surface area contributed by atoms with E-state index in [0.717, 1.165) is 57.8 Å². The number of allylic oxidation sites excluding steroid dienone is 4. The van der Waals surface area contributed by atoms with E-state index in [1.807, 2.05) is 0 Å². The van der Waals surface area contributed by atoms with Gasteiger partial charge in [0.25, 0.3) is 0 Å². The monoisotopic (exact) mass is 783 g/mol. The molecule has 0 aromatic rings. The van der Waals surface area contributed by atoms with Gasteiger partial charge in [-0.3, -0.25) is 9.59 Å². The van der Waals surface area contributed by atoms with E-state index in [1.54, 1.807) is 0 Å². The Labute approximate surface area is 334 Å². The summed E-state index contributed by atoms with van der Waals surface area (Å²) in [4.78, 5) is 25.3. The van der Waals surface area contributed by atoms with E-state index in [9.17, 15) is 30.0 Å². The number of unbranched alkanes of at least 4 members (excludes halogenated alkanes) is 22. The minimum atomic E-state index is -1.59. The van der Waals surface area contributed by atoms with Crippen LogP contribution in [0.1, 0.15) is 194 Å². The van der Waals surface area contributed by atoms with Crippen LogP contribution in [0, 0.1) is 0 Å². The summed E-state index contributed by atoms with van der Waals surface area (Å²) >= 11 is 0. The van der Waals surface area contributed by atoms with E-state index in [1.165, 1.54) is 103 Å². The highest BCUT2D eigenvalue weighted by Gasteiger charge is 2.44. The number of hydrogen-bond donors (Lipinski definition) is 4. The van der Waals surface area contributed by atoms with Crippen molar-refractivity contribution in [1.82, 2.24) is 0 Å². The van der Waals surface area contributed by atoms with E-state index in [2.05, 4.69) is 38.2 Å². The first-order valence-corrected chi connectivity index (χ1v) is 22.4. The SMILES string of the molecule is CCCCCC/C=C\C/C=C\CCCCCCCC(=O)OC(COC(=O)CCCCCCCCCCCCCCCC)COC1OC(CO)C(O)C(O)C1O. The molecule has 0 aromatic carbocycles. The number of rotatable bonds is 37. The van der Waals surface area contributed by atoms with Gasteiger partial charge in [0, 0.05) is 12.8 Å². The molecular formula is C45H82O10. The second-order valence-electron chi connectivity index (χ2n) is 15.5. The Balaban J connectivity index is 2.34. The van der Waals surface area contributed by atoms with Crippen LogP contribution in [0.2, 0.25) is 0 Å². The summed E-state index contributed by atoms with van der Waals surface area (Å²) in [7, 11) is 0. The predicted octanol–water partition coefficient (Wildman–Crippen LogP) is 9.33. The van der Waals surface area contributed by atoms with Crippen molar-refractivity contribution in [2.45, 2.75) is 230 Å². The predicted molar refractivity (Wildman–Crippen MR) is 219 cm³/mol. The molecule has 0 spiro atoms. The van der Waals surface area contributed by atoms with Gasteiger partial charge in [-0.25, -0.2) is 0 Å². The van der Waals surface area contributed by atoms with Crippen LogP contribution in [-0.4, -0.2) is 89.0 Å². The van der Waals surface area contributed by atoms with Crippen LogP contribution in [0.4, 0.5) is 0 Å². The number of carbonyl (C=O) groups excluding carboxylic acids is 2. The third-order valence-corrected chi connectivity index (χ3v) is 10.3. The first kappa shape index (κ1) is 51.2. The van der Waals surface area contributed by atoms with Crippen LogP contribution in [0.5, 0.6) is 0 Å². The average Bonchev–Trinajstić information content (AvgIpc) is 3.18. The summed E-state index contributed by atoms with van der Waals surface area (Å²) in [6.45, 7) is 3.40. The minimum absolute atomic E-state index is 0.216. The summed E-state index contributed by atoms with van der Waals surface area (Å²) in [6.07, 6.45) is 31.8. The summed E-state index contributed by atoms with van der Waals surface area (Å²) in [6, 6.07) is 0. The molecule has 322 valence electrons. The van der Waals surface area contributed by atoms with Gasteiger partial charge in [0.05, 0.1) is 13.2 Å². The number of esters is 2. The first-order valence-electron chi connectivity index (χ1n) is 22.4. The van der Waals surface area contributed by atoms with Crippen molar-refractivity contribution in [3.8, 4) is 0 Å². The number of aliphatic hydroxyl groups is 4. The number of aliphatic hydroxyl groups excluding tert-OH is 4. The lowest BCUT2D eigenvalue weighted by molar-refractivity contribution is -0.305. The van der Waals surface area contributed by atoms with Crippen LogP contribution in [0.3, 0.4) is 0 Å². The number of ether oxygens (including phenoxy) is 4. The molecule has 10 nitrogen and oxygen atoms in total. The lowest BCUT2D eigenvalue weighted by Gasteiger charge is -2.39. The molecule has 0 amide bonds.